The minimum atomic E-state index is -3.15. The zero-order valence-electron chi connectivity index (χ0n) is 18.3. The van der Waals surface area contributed by atoms with Gasteiger partial charge in [0.05, 0.1) is 24.5 Å². The number of nitrogens with one attached hydrogen (secondary N) is 2. The third-order valence-electron chi connectivity index (χ3n) is 5.64. The normalized spacial score (nSPS) is 19.3. The van der Waals surface area contributed by atoms with E-state index in [4.69, 9.17) is 4.74 Å². The smallest absolute Gasteiger partial charge is 0.414 e. The molecule has 0 spiro atoms. The van der Waals surface area contributed by atoms with Gasteiger partial charge in [-0.3, -0.25) is 20.1 Å². The summed E-state index contributed by atoms with van der Waals surface area (Å²) >= 11 is 0. The zero-order valence-corrected chi connectivity index (χ0v) is 18.3. The molecule has 182 valence electrons. The summed E-state index contributed by atoms with van der Waals surface area (Å²) in [7, 11) is 0. The van der Waals surface area contributed by atoms with E-state index in [1.807, 2.05) is 22.3 Å². The Morgan fingerprint density at radius 1 is 1.21 bits per heavy atom. The highest BCUT2D eigenvalue weighted by Crippen LogP contribution is 2.28. The van der Waals surface area contributed by atoms with Crippen LogP contribution in [0.3, 0.4) is 0 Å². The number of hydrazine groups is 1. The number of nitrogens with zero attached hydrogens (tertiary/aromatic N) is 4. The Hall–Kier alpha value is -3.38. The maximum Gasteiger partial charge on any atom is 0.414 e. The molecular weight excluding hydrogens is 453 g/mol. The van der Waals surface area contributed by atoms with E-state index in [1.54, 1.807) is 24.5 Å². The summed E-state index contributed by atoms with van der Waals surface area (Å²) in [5.74, 6) is -1.92. The van der Waals surface area contributed by atoms with Crippen LogP contribution < -0.4 is 20.5 Å². The lowest BCUT2D eigenvalue weighted by Crippen LogP contribution is -2.38. The summed E-state index contributed by atoms with van der Waals surface area (Å²) in [5.41, 5.74) is 5.18. The number of anilines is 2. The molecule has 0 aliphatic carbocycles. The first-order valence-corrected chi connectivity index (χ1v) is 10.9. The van der Waals surface area contributed by atoms with E-state index in [2.05, 4.69) is 15.4 Å². The second-order valence-electron chi connectivity index (χ2n) is 7.97. The number of halogens is 3. The van der Waals surface area contributed by atoms with Crippen molar-refractivity contribution in [2.24, 2.45) is 0 Å². The van der Waals surface area contributed by atoms with Crippen LogP contribution in [0.1, 0.15) is 5.56 Å². The molecule has 1 aromatic heterocycles. The number of aromatic nitrogens is 1. The highest BCUT2D eigenvalue weighted by molar-refractivity contribution is 5.90. The fourth-order valence-corrected chi connectivity index (χ4v) is 3.91. The topological polar surface area (TPSA) is 90.0 Å². The maximum absolute atomic E-state index is 15.0. The number of carbonyl (C=O) groups is 2. The third-order valence-corrected chi connectivity index (χ3v) is 5.64. The fourth-order valence-electron chi connectivity index (χ4n) is 3.91. The number of ether oxygens (including phenoxy) is 1. The molecule has 0 radical (unpaired) electrons. The first-order valence-electron chi connectivity index (χ1n) is 10.9. The number of hydrogen-bond donors (Lipinski definition) is 2. The highest BCUT2D eigenvalue weighted by Gasteiger charge is 2.33. The molecule has 0 saturated carbocycles. The molecule has 1 atom stereocenters. The number of amides is 2. The number of cyclic esters (lactones) is 1. The monoisotopic (exact) mass is 478 g/mol. The molecule has 2 N–H and O–H groups in total. The number of hydrogen-bond acceptors (Lipinski definition) is 7. The minimum absolute atomic E-state index is 0.0126. The number of pyridine rings is 1. The van der Waals surface area contributed by atoms with Crippen molar-refractivity contribution in [1.29, 1.82) is 0 Å². The Bertz CT molecular complexity index is 1010. The first-order chi connectivity index (χ1) is 16.4. The number of benzene rings is 1. The highest BCUT2D eigenvalue weighted by atomic mass is 19.3. The summed E-state index contributed by atoms with van der Waals surface area (Å²) in [6.07, 6.45) is -1.19. The second kappa shape index (κ2) is 10.7. The molecule has 2 fully saturated rings. The quantitative estimate of drug-likeness (QED) is 0.627. The van der Waals surface area contributed by atoms with Crippen LogP contribution in [-0.2, 0) is 16.1 Å². The number of alkyl halides is 2. The van der Waals surface area contributed by atoms with E-state index in [0.717, 1.165) is 5.56 Å². The molecule has 3 heterocycles. The molecule has 2 aliphatic rings. The lowest BCUT2D eigenvalue weighted by atomic mass is 10.2. The van der Waals surface area contributed by atoms with Crippen molar-refractivity contribution < 1.29 is 27.5 Å². The Balaban J connectivity index is 1.35. The summed E-state index contributed by atoms with van der Waals surface area (Å²) in [5, 5.41) is 4.10. The average molecular weight is 478 g/mol. The summed E-state index contributed by atoms with van der Waals surface area (Å²) in [4.78, 5) is 30.4. The minimum Gasteiger partial charge on any atom is -0.442 e. The maximum atomic E-state index is 15.0. The molecule has 1 aromatic carbocycles. The van der Waals surface area contributed by atoms with Crippen molar-refractivity contribution >= 4 is 23.4 Å². The lowest BCUT2D eigenvalue weighted by Gasteiger charge is -2.24. The zero-order chi connectivity index (χ0) is 24.1. The van der Waals surface area contributed by atoms with E-state index >= 15 is 4.39 Å². The van der Waals surface area contributed by atoms with Gasteiger partial charge in [0.1, 0.15) is 11.9 Å². The summed E-state index contributed by atoms with van der Waals surface area (Å²) < 4.78 is 44.8. The van der Waals surface area contributed by atoms with Crippen LogP contribution in [0.4, 0.5) is 29.3 Å². The van der Waals surface area contributed by atoms with Crippen LogP contribution in [-0.4, -0.2) is 73.8 Å². The van der Waals surface area contributed by atoms with Crippen LogP contribution in [0.5, 0.6) is 0 Å². The van der Waals surface area contributed by atoms with Gasteiger partial charge < -0.3 is 15.0 Å². The van der Waals surface area contributed by atoms with Crippen molar-refractivity contribution in [2.45, 2.75) is 19.1 Å². The van der Waals surface area contributed by atoms with E-state index < -0.39 is 30.3 Å². The molecular formula is C22H25F3N6O3. The van der Waals surface area contributed by atoms with Crippen LogP contribution in [0.25, 0.3) is 0 Å². The van der Waals surface area contributed by atoms with Gasteiger partial charge in [-0.05, 0) is 35.9 Å². The lowest BCUT2D eigenvalue weighted by molar-refractivity contribution is -0.132. The molecule has 4 rings (SSSR count). The Kier molecular flexibility index (Phi) is 7.48. The van der Waals surface area contributed by atoms with Gasteiger partial charge in [-0.1, -0.05) is 0 Å². The van der Waals surface area contributed by atoms with Crippen molar-refractivity contribution in [3.63, 3.8) is 0 Å². The molecule has 12 heteroatoms. The SMILES string of the molecule is O=C(NC[C@H]1CN(c2ccc(N3CCNN(Cc4ccncc4)CC3)c(F)c2)C(=O)O1)C(F)F. The Morgan fingerprint density at radius 2 is 2.00 bits per heavy atom. The van der Waals surface area contributed by atoms with Gasteiger partial charge in [-0.2, -0.15) is 8.78 Å². The van der Waals surface area contributed by atoms with E-state index in [9.17, 15) is 18.4 Å². The van der Waals surface area contributed by atoms with E-state index in [0.29, 0.717) is 44.1 Å². The van der Waals surface area contributed by atoms with Gasteiger partial charge in [0.15, 0.2) is 0 Å². The molecule has 2 aromatic rings. The van der Waals surface area contributed by atoms with Crippen LogP contribution in [0.15, 0.2) is 42.7 Å². The Morgan fingerprint density at radius 3 is 2.74 bits per heavy atom. The predicted molar refractivity (Wildman–Crippen MR) is 118 cm³/mol. The Labute approximate surface area is 194 Å². The molecule has 9 nitrogen and oxygen atoms in total. The van der Waals surface area contributed by atoms with E-state index in [1.165, 1.54) is 11.0 Å². The van der Waals surface area contributed by atoms with Crippen molar-refractivity contribution in [3.05, 3.63) is 54.1 Å². The largest absolute Gasteiger partial charge is 0.442 e. The predicted octanol–water partition coefficient (Wildman–Crippen LogP) is 1.75. The molecule has 2 aliphatic heterocycles. The van der Waals surface area contributed by atoms with Gasteiger partial charge in [0.25, 0.3) is 5.91 Å². The van der Waals surface area contributed by atoms with Crippen LogP contribution in [0.2, 0.25) is 0 Å². The molecule has 34 heavy (non-hydrogen) atoms. The van der Waals surface area contributed by atoms with E-state index in [-0.39, 0.29) is 13.1 Å². The average Bonchev–Trinajstić information content (AvgIpc) is 3.04. The standard InChI is InChI=1S/C22H25F3N6O3/c23-18-11-16(31-14-17(34-22(31)33)12-27-21(32)20(24)25)1-2-19(18)29-8-7-28-30(10-9-29)13-15-3-5-26-6-4-15/h1-6,11,17,20,28H,7-10,12-14H2,(H,27,32)/t17-/m0/s1. The molecule has 2 amide bonds. The second-order valence-corrected chi connectivity index (χ2v) is 7.97. The van der Waals surface area contributed by atoms with Gasteiger partial charge in [-0.25, -0.2) is 14.2 Å². The summed E-state index contributed by atoms with van der Waals surface area (Å²) in [6, 6.07) is 8.38. The summed E-state index contributed by atoms with van der Waals surface area (Å²) in [6.45, 7) is 2.98. The number of carbonyl (C=O) groups excluding carboxylic acids is 2. The van der Waals surface area contributed by atoms with Gasteiger partial charge in [-0.15, -0.1) is 0 Å². The van der Waals surface area contributed by atoms with Gasteiger partial charge in [0.2, 0.25) is 0 Å². The fraction of sp³-hybridized carbons (Fsp3) is 0.409. The molecule has 0 bridgehead atoms. The van der Waals surface area contributed by atoms with Crippen LogP contribution in [0, 0.1) is 5.82 Å². The van der Waals surface area contributed by atoms with Crippen molar-refractivity contribution in [3.8, 4) is 0 Å². The van der Waals surface area contributed by atoms with Crippen molar-refractivity contribution in [1.82, 2.24) is 20.7 Å². The molecule has 0 unspecified atom stereocenters. The third kappa shape index (κ3) is 5.75. The van der Waals surface area contributed by atoms with Crippen LogP contribution >= 0.6 is 0 Å². The van der Waals surface area contributed by atoms with Gasteiger partial charge in [0, 0.05) is 45.1 Å². The molecule has 2 saturated heterocycles. The first kappa shape index (κ1) is 23.8. The van der Waals surface area contributed by atoms with Crippen molar-refractivity contribution in [2.75, 3.05) is 49.1 Å². The number of rotatable bonds is 7. The van der Waals surface area contributed by atoms with Gasteiger partial charge >= 0.3 is 12.5 Å².